The highest BCUT2D eigenvalue weighted by Gasteiger charge is 2.17. The van der Waals surface area contributed by atoms with Gasteiger partial charge in [0.05, 0.1) is 18.8 Å². The highest BCUT2D eigenvalue weighted by molar-refractivity contribution is 5.72. The summed E-state index contributed by atoms with van der Waals surface area (Å²) in [5, 5.41) is 18.1. The first kappa shape index (κ1) is 17.1. The van der Waals surface area contributed by atoms with Crippen molar-refractivity contribution in [1.29, 1.82) is 0 Å². The van der Waals surface area contributed by atoms with Crippen LogP contribution in [-0.4, -0.2) is 48.6 Å². The molecule has 132 valence electrons. The van der Waals surface area contributed by atoms with E-state index in [4.69, 9.17) is 14.6 Å². The molecule has 0 aliphatic carbocycles. The minimum atomic E-state index is -1.38. The zero-order chi connectivity index (χ0) is 17.6. The monoisotopic (exact) mass is 343 g/mol. The number of anilines is 1. The summed E-state index contributed by atoms with van der Waals surface area (Å²) in [4.78, 5) is 12.9. The third-order valence-corrected chi connectivity index (χ3v) is 4.09. The van der Waals surface area contributed by atoms with Gasteiger partial charge in [-0.25, -0.2) is 4.79 Å². The van der Waals surface area contributed by atoms with Gasteiger partial charge in [0, 0.05) is 6.42 Å². The summed E-state index contributed by atoms with van der Waals surface area (Å²) < 4.78 is 11.4. The Morgan fingerprint density at radius 1 is 1.20 bits per heavy atom. The Hall–Kier alpha value is -2.73. The number of aliphatic carboxylic acids is 1. The van der Waals surface area contributed by atoms with E-state index in [2.05, 4.69) is 4.90 Å². The number of carboxylic acid groups (broad SMARTS) is 1. The number of para-hydroxylation sites is 2. The largest absolute Gasteiger partial charge is 0.492 e. The van der Waals surface area contributed by atoms with Crippen molar-refractivity contribution in [3.63, 3.8) is 0 Å². The zero-order valence-corrected chi connectivity index (χ0v) is 13.8. The van der Waals surface area contributed by atoms with Crippen LogP contribution in [0.15, 0.2) is 48.5 Å². The molecule has 3 rings (SSSR count). The highest BCUT2D eigenvalue weighted by atomic mass is 16.5. The number of benzene rings is 2. The number of carboxylic acids is 1. The molecule has 0 saturated carbocycles. The Kier molecular flexibility index (Phi) is 5.40. The summed E-state index contributed by atoms with van der Waals surface area (Å²) in [5.74, 6) is 0.399. The fourth-order valence-corrected chi connectivity index (χ4v) is 2.76. The van der Waals surface area contributed by atoms with Crippen molar-refractivity contribution in [2.75, 3.05) is 31.2 Å². The Labute approximate surface area is 146 Å². The predicted octanol–water partition coefficient (Wildman–Crippen LogP) is 1.95. The molecular weight excluding hydrogens is 322 g/mol. The first-order chi connectivity index (χ1) is 12.1. The molecule has 0 spiro atoms. The molecular formula is C19H21NO5. The number of aliphatic hydroxyl groups excluding tert-OH is 1. The lowest BCUT2D eigenvalue weighted by molar-refractivity contribution is -0.146. The van der Waals surface area contributed by atoms with Gasteiger partial charge in [-0.3, -0.25) is 0 Å². The minimum absolute atomic E-state index is 0.0835. The third kappa shape index (κ3) is 4.42. The molecule has 1 atom stereocenters. The van der Waals surface area contributed by atoms with E-state index in [1.165, 1.54) is 0 Å². The normalized spacial score (nSPS) is 14.4. The van der Waals surface area contributed by atoms with E-state index in [9.17, 15) is 9.90 Å². The van der Waals surface area contributed by atoms with Crippen LogP contribution in [0.2, 0.25) is 0 Å². The molecule has 0 amide bonds. The topological polar surface area (TPSA) is 79.2 Å². The molecule has 25 heavy (non-hydrogen) atoms. The average Bonchev–Trinajstić information content (AvgIpc) is 2.63. The van der Waals surface area contributed by atoms with E-state index >= 15 is 0 Å². The van der Waals surface area contributed by atoms with E-state index in [0.29, 0.717) is 13.2 Å². The van der Waals surface area contributed by atoms with Gasteiger partial charge in [0.2, 0.25) is 0 Å². The second-order valence-electron chi connectivity index (χ2n) is 5.85. The van der Waals surface area contributed by atoms with Crippen molar-refractivity contribution < 1.29 is 24.5 Å². The molecule has 0 bridgehead atoms. The molecule has 1 aliphatic heterocycles. The van der Waals surface area contributed by atoms with Crippen LogP contribution in [0, 0.1) is 0 Å². The van der Waals surface area contributed by atoms with Gasteiger partial charge in [-0.2, -0.15) is 0 Å². The zero-order valence-electron chi connectivity index (χ0n) is 13.8. The number of hydrogen-bond donors (Lipinski definition) is 2. The van der Waals surface area contributed by atoms with Crippen LogP contribution in [-0.2, 0) is 11.2 Å². The Morgan fingerprint density at radius 3 is 2.72 bits per heavy atom. The first-order valence-corrected chi connectivity index (χ1v) is 8.23. The van der Waals surface area contributed by atoms with Crippen LogP contribution in [0.1, 0.15) is 5.56 Å². The maximum Gasteiger partial charge on any atom is 0.332 e. The molecule has 0 radical (unpaired) electrons. The first-order valence-electron chi connectivity index (χ1n) is 8.23. The van der Waals surface area contributed by atoms with Gasteiger partial charge in [-0.1, -0.05) is 24.3 Å². The van der Waals surface area contributed by atoms with Crippen LogP contribution in [0.3, 0.4) is 0 Å². The number of nitrogens with zero attached hydrogens (tertiary/aromatic N) is 1. The standard InChI is InChI=1S/C19H21NO5/c21-17(19(22)23)13-14-5-7-15(8-6-14)24-11-9-20-10-12-25-18-4-2-1-3-16(18)20/h1-8,17,21H,9-13H2,(H,22,23). The molecule has 2 N–H and O–H groups in total. The quantitative estimate of drug-likeness (QED) is 0.800. The lowest BCUT2D eigenvalue weighted by atomic mass is 10.1. The number of hydrogen-bond acceptors (Lipinski definition) is 5. The van der Waals surface area contributed by atoms with Crippen LogP contribution in [0.25, 0.3) is 0 Å². The van der Waals surface area contributed by atoms with Crippen molar-refractivity contribution in [3.05, 3.63) is 54.1 Å². The molecule has 2 aromatic carbocycles. The van der Waals surface area contributed by atoms with E-state index in [0.717, 1.165) is 35.8 Å². The van der Waals surface area contributed by atoms with Crippen LogP contribution in [0.5, 0.6) is 11.5 Å². The van der Waals surface area contributed by atoms with E-state index in [1.807, 2.05) is 24.3 Å². The van der Waals surface area contributed by atoms with Gasteiger partial charge in [-0.15, -0.1) is 0 Å². The van der Waals surface area contributed by atoms with E-state index in [-0.39, 0.29) is 6.42 Å². The van der Waals surface area contributed by atoms with Crippen molar-refractivity contribution in [1.82, 2.24) is 0 Å². The Balaban J connectivity index is 1.50. The van der Waals surface area contributed by atoms with Gasteiger partial charge >= 0.3 is 5.97 Å². The predicted molar refractivity (Wildman–Crippen MR) is 93.4 cm³/mol. The van der Waals surface area contributed by atoms with Crippen molar-refractivity contribution >= 4 is 11.7 Å². The molecule has 0 fully saturated rings. The summed E-state index contributed by atoms with van der Waals surface area (Å²) in [5.41, 5.74) is 1.83. The lowest BCUT2D eigenvalue weighted by Gasteiger charge is -2.31. The van der Waals surface area contributed by atoms with Crippen molar-refractivity contribution in [2.24, 2.45) is 0 Å². The number of ether oxygens (including phenoxy) is 2. The maximum atomic E-state index is 10.7. The summed E-state index contributed by atoms with van der Waals surface area (Å²) in [6.07, 6.45) is -1.30. The molecule has 1 unspecified atom stereocenters. The van der Waals surface area contributed by atoms with Crippen LogP contribution in [0.4, 0.5) is 5.69 Å². The minimum Gasteiger partial charge on any atom is -0.492 e. The Bertz CT molecular complexity index is 716. The lowest BCUT2D eigenvalue weighted by Crippen LogP contribution is -2.35. The smallest absolute Gasteiger partial charge is 0.332 e. The molecule has 2 aromatic rings. The molecule has 1 aliphatic rings. The molecule has 0 aromatic heterocycles. The highest BCUT2D eigenvalue weighted by Crippen LogP contribution is 2.30. The van der Waals surface area contributed by atoms with E-state index in [1.54, 1.807) is 24.3 Å². The fraction of sp³-hybridized carbons (Fsp3) is 0.316. The summed E-state index contributed by atoms with van der Waals surface area (Å²) >= 11 is 0. The van der Waals surface area contributed by atoms with Crippen LogP contribution < -0.4 is 14.4 Å². The molecule has 1 heterocycles. The van der Waals surface area contributed by atoms with Gasteiger partial charge in [0.1, 0.15) is 24.7 Å². The van der Waals surface area contributed by atoms with Gasteiger partial charge < -0.3 is 24.6 Å². The number of aliphatic hydroxyl groups is 1. The van der Waals surface area contributed by atoms with Gasteiger partial charge in [0.15, 0.2) is 6.10 Å². The van der Waals surface area contributed by atoms with E-state index < -0.39 is 12.1 Å². The third-order valence-electron chi connectivity index (χ3n) is 4.09. The molecule has 0 saturated heterocycles. The number of carbonyl (C=O) groups is 1. The molecule has 6 nitrogen and oxygen atoms in total. The Morgan fingerprint density at radius 2 is 1.96 bits per heavy atom. The summed E-state index contributed by atoms with van der Waals surface area (Å²) in [6, 6.07) is 15.1. The number of rotatable bonds is 7. The number of fused-ring (bicyclic) bond motifs is 1. The fourth-order valence-electron chi connectivity index (χ4n) is 2.76. The van der Waals surface area contributed by atoms with Crippen molar-refractivity contribution in [2.45, 2.75) is 12.5 Å². The summed E-state index contributed by atoms with van der Waals surface area (Å²) in [6.45, 7) is 2.77. The second kappa shape index (κ2) is 7.90. The van der Waals surface area contributed by atoms with Crippen LogP contribution >= 0.6 is 0 Å². The summed E-state index contributed by atoms with van der Waals surface area (Å²) in [7, 11) is 0. The average molecular weight is 343 g/mol. The van der Waals surface area contributed by atoms with Gasteiger partial charge in [0.25, 0.3) is 0 Å². The maximum absolute atomic E-state index is 10.7. The molecule has 6 heteroatoms. The van der Waals surface area contributed by atoms with Crippen molar-refractivity contribution in [3.8, 4) is 11.5 Å². The SMILES string of the molecule is O=C(O)C(O)Cc1ccc(OCCN2CCOc3ccccc32)cc1. The second-order valence-corrected chi connectivity index (χ2v) is 5.85. The van der Waals surface area contributed by atoms with Gasteiger partial charge in [-0.05, 0) is 29.8 Å².